The fourth-order valence-electron chi connectivity index (χ4n) is 1.65. The summed E-state index contributed by atoms with van der Waals surface area (Å²) < 4.78 is 27.8. The molecule has 2 aromatic rings. The Labute approximate surface area is 101 Å². The van der Waals surface area contributed by atoms with E-state index in [1.807, 2.05) is 0 Å². The van der Waals surface area contributed by atoms with Crippen LogP contribution in [-0.4, -0.2) is 20.9 Å². The molecule has 0 saturated heterocycles. The van der Waals surface area contributed by atoms with Gasteiger partial charge >= 0.3 is 5.97 Å². The minimum absolute atomic E-state index is 0.0112. The van der Waals surface area contributed by atoms with Crippen LogP contribution in [-0.2, 0) is 6.54 Å². The number of rotatable bonds is 3. The van der Waals surface area contributed by atoms with Crippen molar-refractivity contribution in [2.75, 3.05) is 0 Å². The van der Waals surface area contributed by atoms with Crippen molar-refractivity contribution in [3.05, 3.63) is 52.9 Å². The summed E-state index contributed by atoms with van der Waals surface area (Å²) in [5.74, 6) is -2.97. The summed E-state index contributed by atoms with van der Waals surface area (Å²) in [6, 6.07) is 3.85. The monoisotopic (exact) mass is 252 g/mol. The number of carboxylic acids is 1. The van der Waals surface area contributed by atoms with Gasteiger partial charge in [0.2, 0.25) is 0 Å². The second-order valence-corrected chi connectivity index (χ2v) is 3.82. The number of benzene rings is 1. The second-order valence-electron chi connectivity index (χ2n) is 3.82. The second kappa shape index (κ2) is 4.56. The Hall–Kier alpha value is -2.24. The molecule has 0 aliphatic rings. The molecule has 0 spiro atoms. The molecule has 0 fully saturated rings. The van der Waals surface area contributed by atoms with Gasteiger partial charge in [-0.3, -0.25) is 4.68 Å². The summed E-state index contributed by atoms with van der Waals surface area (Å²) in [6.45, 7) is 1.55. The molecule has 94 valence electrons. The molecule has 0 aliphatic heterocycles. The topological polar surface area (TPSA) is 55.1 Å². The lowest BCUT2D eigenvalue weighted by Gasteiger charge is -2.06. The van der Waals surface area contributed by atoms with Crippen molar-refractivity contribution in [3.8, 4) is 0 Å². The van der Waals surface area contributed by atoms with Crippen LogP contribution in [0.5, 0.6) is 0 Å². The third kappa shape index (κ3) is 2.09. The fourth-order valence-corrected chi connectivity index (χ4v) is 1.65. The quantitative estimate of drug-likeness (QED) is 0.911. The van der Waals surface area contributed by atoms with Gasteiger partial charge in [0.25, 0.3) is 0 Å². The number of carboxylic acid groups (broad SMARTS) is 1. The molecule has 4 nitrogen and oxygen atoms in total. The maximum Gasteiger partial charge on any atom is 0.339 e. The normalized spacial score (nSPS) is 10.6. The zero-order valence-corrected chi connectivity index (χ0v) is 9.52. The van der Waals surface area contributed by atoms with Crippen molar-refractivity contribution in [1.29, 1.82) is 0 Å². The summed E-state index contributed by atoms with van der Waals surface area (Å²) in [5.41, 5.74) is 0.566. The number of carbonyl (C=O) groups is 1. The number of hydrogen-bond donors (Lipinski definition) is 1. The Kier molecular flexibility index (Phi) is 3.10. The molecule has 0 aliphatic carbocycles. The third-order valence-electron chi connectivity index (χ3n) is 2.69. The molecule has 0 amide bonds. The Morgan fingerprint density at radius 2 is 2.17 bits per heavy atom. The van der Waals surface area contributed by atoms with E-state index in [0.29, 0.717) is 5.69 Å². The number of aromatic nitrogens is 2. The molecule has 0 bridgehead atoms. The standard InChI is InChI=1S/C12H10F2N2O2/c1-7-9(12(17)18)5-15-16(7)6-8-3-2-4-10(13)11(8)14/h2-5H,6H2,1H3,(H,17,18). The molecule has 0 unspecified atom stereocenters. The average molecular weight is 252 g/mol. The first kappa shape index (κ1) is 12.2. The summed E-state index contributed by atoms with van der Waals surface area (Å²) in [4.78, 5) is 10.8. The van der Waals surface area contributed by atoms with E-state index < -0.39 is 17.6 Å². The first-order chi connectivity index (χ1) is 8.50. The molecule has 0 atom stereocenters. The van der Waals surface area contributed by atoms with E-state index in [-0.39, 0.29) is 17.7 Å². The van der Waals surface area contributed by atoms with Crippen LogP contribution in [0, 0.1) is 18.6 Å². The lowest BCUT2D eigenvalue weighted by atomic mass is 10.2. The molecule has 1 N–H and O–H groups in total. The van der Waals surface area contributed by atoms with Crippen LogP contribution >= 0.6 is 0 Å². The molecule has 1 heterocycles. The summed E-state index contributed by atoms with van der Waals surface area (Å²) in [7, 11) is 0. The minimum Gasteiger partial charge on any atom is -0.478 e. The van der Waals surface area contributed by atoms with Gasteiger partial charge in [0, 0.05) is 5.56 Å². The van der Waals surface area contributed by atoms with Gasteiger partial charge in [0.05, 0.1) is 18.4 Å². The number of nitrogens with zero attached hydrogens (tertiary/aromatic N) is 2. The van der Waals surface area contributed by atoms with Gasteiger partial charge in [-0.1, -0.05) is 12.1 Å². The van der Waals surface area contributed by atoms with Crippen LogP contribution < -0.4 is 0 Å². The number of halogens is 2. The van der Waals surface area contributed by atoms with Gasteiger partial charge in [-0.05, 0) is 13.0 Å². The number of aromatic carboxylic acids is 1. The fraction of sp³-hybridized carbons (Fsp3) is 0.167. The highest BCUT2D eigenvalue weighted by Crippen LogP contribution is 2.15. The molecule has 1 aromatic heterocycles. The maximum atomic E-state index is 13.5. The van der Waals surface area contributed by atoms with E-state index in [2.05, 4.69) is 5.10 Å². The molecule has 6 heteroatoms. The van der Waals surface area contributed by atoms with Gasteiger partial charge in [0.15, 0.2) is 11.6 Å². The van der Waals surface area contributed by atoms with Crippen molar-refractivity contribution in [2.45, 2.75) is 13.5 Å². The Morgan fingerprint density at radius 1 is 1.44 bits per heavy atom. The Balaban J connectivity index is 2.35. The highest BCUT2D eigenvalue weighted by molar-refractivity contribution is 5.88. The van der Waals surface area contributed by atoms with Crippen molar-refractivity contribution in [1.82, 2.24) is 9.78 Å². The highest BCUT2D eigenvalue weighted by atomic mass is 19.2. The van der Waals surface area contributed by atoms with Gasteiger partial charge in [0.1, 0.15) is 5.56 Å². The lowest BCUT2D eigenvalue weighted by Crippen LogP contribution is -2.08. The molecular weight excluding hydrogens is 242 g/mol. The van der Waals surface area contributed by atoms with E-state index in [4.69, 9.17) is 5.11 Å². The van der Waals surface area contributed by atoms with Crippen LogP contribution in [0.4, 0.5) is 8.78 Å². The molecule has 1 aromatic carbocycles. The van der Waals surface area contributed by atoms with Gasteiger partial charge < -0.3 is 5.11 Å². The Bertz CT molecular complexity index is 608. The largest absolute Gasteiger partial charge is 0.478 e. The zero-order chi connectivity index (χ0) is 13.3. The lowest BCUT2D eigenvalue weighted by molar-refractivity contribution is 0.0696. The van der Waals surface area contributed by atoms with Crippen LogP contribution in [0.3, 0.4) is 0 Å². The summed E-state index contributed by atoms with van der Waals surface area (Å²) >= 11 is 0. The summed E-state index contributed by atoms with van der Waals surface area (Å²) in [5, 5.41) is 12.7. The molecule has 2 rings (SSSR count). The van der Waals surface area contributed by atoms with E-state index in [1.165, 1.54) is 23.0 Å². The van der Waals surface area contributed by atoms with E-state index in [0.717, 1.165) is 6.07 Å². The summed E-state index contributed by atoms with van der Waals surface area (Å²) in [6.07, 6.45) is 1.19. The number of hydrogen-bond acceptors (Lipinski definition) is 2. The van der Waals surface area contributed by atoms with Crippen molar-refractivity contribution >= 4 is 5.97 Å². The molecule has 0 saturated carbocycles. The molecular formula is C12H10F2N2O2. The van der Waals surface area contributed by atoms with Crippen LogP contribution in [0.15, 0.2) is 24.4 Å². The van der Waals surface area contributed by atoms with Crippen molar-refractivity contribution in [2.24, 2.45) is 0 Å². The predicted molar refractivity (Wildman–Crippen MR) is 59.4 cm³/mol. The third-order valence-corrected chi connectivity index (χ3v) is 2.69. The Morgan fingerprint density at radius 3 is 2.78 bits per heavy atom. The minimum atomic E-state index is -1.10. The van der Waals surface area contributed by atoms with Gasteiger partial charge in [-0.15, -0.1) is 0 Å². The van der Waals surface area contributed by atoms with Gasteiger partial charge in [-0.2, -0.15) is 5.10 Å². The van der Waals surface area contributed by atoms with Crippen molar-refractivity contribution in [3.63, 3.8) is 0 Å². The molecule has 18 heavy (non-hydrogen) atoms. The van der Waals surface area contributed by atoms with E-state index >= 15 is 0 Å². The van der Waals surface area contributed by atoms with E-state index in [1.54, 1.807) is 6.92 Å². The smallest absolute Gasteiger partial charge is 0.339 e. The zero-order valence-electron chi connectivity index (χ0n) is 9.52. The predicted octanol–water partition coefficient (Wildman–Crippen LogP) is 2.22. The van der Waals surface area contributed by atoms with Crippen LogP contribution in [0.2, 0.25) is 0 Å². The SMILES string of the molecule is Cc1c(C(=O)O)cnn1Cc1cccc(F)c1F. The average Bonchev–Trinajstić information content (AvgIpc) is 2.67. The van der Waals surface area contributed by atoms with Crippen molar-refractivity contribution < 1.29 is 18.7 Å². The van der Waals surface area contributed by atoms with E-state index in [9.17, 15) is 13.6 Å². The molecule has 0 radical (unpaired) electrons. The first-order valence-electron chi connectivity index (χ1n) is 5.19. The first-order valence-corrected chi connectivity index (χ1v) is 5.19. The van der Waals surface area contributed by atoms with Crippen LogP contribution in [0.1, 0.15) is 21.6 Å². The van der Waals surface area contributed by atoms with Gasteiger partial charge in [-0.25, -0.2) is 13.6 Å². The highest BCUT2D eigenvalue weighted by Gasteiger charge is 2.14. The van der Waals surface area contributed by atoms with Crippen LogP contribution in [0.25, 0.3) is 0 Å². The maximum absolute atomic E-state index is 13.5.